The van der Waals surface area contributed by atoms with E-state index >= 15 is 0 Å². The molecule has 21 heavy (non-hydrogen) atoms. The minimum absolute atomic E-state index is 0.182. The van der Waals surface area contributed by atoms with Crippen LogP contribution in [0.5, 0.6) is 0 Å². The molecule has 0 aromatic carbocycles. The van der Waals surface area contributed by atoms with Gasteiger partial charge in [0.2, 0.25) is 0 Å². The van der Waals surface area contributed by atoms with Crippen molar-refractivity contribution in [1.29, 1.82) is 0 Å². The van der Waals surface area contributed by atoms with Crippen LogP contribution < -0.4 is 0 Å². The smallest absolute Gasteiger partial charge is 0.322 e. The molecule has 1 aliphatic heterocycles. The highest BCUT2D eigenvalue weighted by atomic mass is 16.5. The standard InChI is InChI=1S/C15H28N2O4/c1-4-6-17-8-7-16(10-13(17)15(19)20)11-14(18)21-9-5-12(2)3/h12-13H,4-11H2,1-3H3,(H,19,20). The summed E-state index contributed by atoms with van der Waals surface area (Å²) in [6.45, 7) is 9.38. The largest absolute Gasteiger partial charge is 0.480 e. The topological polar surface area (TPSA) is 70.1 Å². The fraction of sp³-hybridized carbons (Fsp3) is 0.867. The number of hydrogen-bond acceptors (Lipinski definition) is 5. The van der Waals surface area contributed by atoms with E-state index < -0.39 is 12.0 Å². The molecule has 1 aliphatic rings. The fourth-order valence-electron chi connectivity index (χ4n) is 2.45. The highest BCUT2D eigenvalue weighted by Crippen LogP contribution is 2.11. The second-order valence-electron chi connectivity index (χ2n) is 6.03. The molecule has 1 atom stereocenters. The van der Waals surface area contributed by atoms with Gasteiger partial charge in [0, 0.05) is 19.6 Å². The van der Waals surface area contributed by atoms with Gasteiger partial charge in [0.25, 0.3) is 0 Å². The molecule has 0 spiro atoms. The average molecular weight is 300 g/mol. The predicted octanol–water partition coefficient (Wildman–Crippen LogP) is 1.06. The summed E-state index contributed by atoms with van der Waals surface area (Å²) in [6, 6.07) is -0.526. The third kappa shape index (κ3) is 6.44. The summed E-state index contributed by atoms with van der Waals surface area (Å²) in [5.74, 6) is -0.572. The van der Waals surface area contributed by atoms with Crippen molar-refractivity contribution in [2.45, 2.75) is 39.7 Å². The maximum atomic E-state index is 11.8. The molecular formula is C15H28N2O4. The van der Waals surface area contributed by atoms with Crippen molar-refractivity contribution in [2.24, 2.45) is 5.92 Å². The summed E-state index contributed by atoms with van der Waals surface area (Å²) in [7, 11) is 0. The number of carboxylic acid groups (broad SMARTS) is 1. The lowest BCUT2D eigenvalue weighted by molar-refractivity contribution is -0.151. The molecule has 1 unspecified atom stereocenters. The van der Waals surface area contributed by atoms with Crippen molar-refractivity contribution in [3.05, 3.63) is 0 Å². The number of ether oxygens (including phenoxy) is 1. The third-order valence-electron chi connectivity index (χ3n) is 3.68. The molecule has 122 valence electrons. The van der Waals surface area contributed by atoms with Crippen LogP contribution in [-0.2, 0) is 14.3 Å². The summed E-state index contributed by atoms with van der Waals surface area (Å²) in [5, 5.41) is 9.31. The summed E-state index contributed by atoms with van der Waals surface area (Å²) in [4.78, 5) is 26.9. The normalized spacial score (nSPS) is 20.7. The molecule has 1 rings (SSSR count). The molecule has 0 amide bonds. The second kappa shape index (κ2) is 9.00. The molecular weight excluding hydrogens is 272 g/mol. The Morgan fingerprint density at radius 2 is 2.05 bits per heavy atom. The van der Waals surface area contributed by atoms with Crippen LogP contribution in [0.2, 0.25) is 0 Å². The van der Waals surface area contributed by atoms with Crippen molar-refractivity contribution in [2.75, 3.05) is 39.3 Å². The van der Waals surface area contributed by atoms with Crippen molar-refractivity contribution in [3.63, 3.8) is 0 Å². The second-order valence-corrected chi connectivity index (χ2v) is 6.03. The SMILES string of the molecule is CCCN1CCN(CC(=O)OCCC(C)C)CC1C(=O)O. The molecule has 1 N–H and O–H groups in total. The Morgan fingerprint density at radius 3 is 2.62 bits per heavy atom. The number of aliphatic carboxylic acids is 1. The quantitative estimate of drug-likeness (QED) is 0.676. The molecule has 0 aromatic rings. The van der Waals surface area contributed by atoms with E-state index in [0.29, 0.717) is 32.2 Å². The van der Waals surface area contributed by atoms with E-state index in [1.54, 1.807) is 0 Å². The van der Waals surface area contributed by atoms with E-state index in [9.17, 15) is 14.7 Å². The lowest BCUT2D eigenvalue weighted by atomic mass is 10.1. The molecule has 1 saturated heterocycles. The zero-order chi connectivity index (χ0) is 15.8. The highest BCUT2D eigenvalue weighted by Gasteiger charge is 2.32. The van der Waals surface area contributed by atoms with E-state index in [0.717, 1.165) is 19.4 Å². The summed E-state index contributed by atoms with van der Waals surface area (Å²) in [5.41, 5.74) is 0. The number of nitrogens with zero attached hydrogens (tertiary/aromatic N) is 2. The Labute approximate surface area is 127 Å². The number of rotatable bonds is 8. The van der Waals surface area contributed by atoms with Gasteiger partial charge in [-0.3, -0.25) is 19.4 Å². The van der Waals surface area contributed by atoms with Gasteiger partial charge in [0.1, 0.15) is 6.04 Å². The van der Waals surface area contributed by atoms with Gasteiger partial charge in [-0.05, 0) is 25.3 Å². The Hall–Kier alpha value is -1.14. The van der Waals surface area contributed by atoms with Crippen molar-refractivity contribution in [1.82, 2.24) is 9.80 Å². The van der Waals surface area contributed by atoms with Gasteiger partial charge < -0.3 is 9.84 Å². The van der Waals surface area contributed by atoms with Crippen LogP contribution in [0.1, 0.15) is 33.6 Å². The first-order valence-electron chi connectivity index (χ1n) is 7.78. The highest BCUT2D eigenvalue weighted by molar-refractivity contribution is 5.75. The number of carbonyl (C=O) groups excluding carboxylic acids is 1. The molecule has 6 nitrogen and oxygen atoms in total. The molecule has 1 fully saturated rings. The third-order valence-corrected chi connectivity index (χ3v) is 3.68. The minimum atomic E-state index is -0.818. The lowest BCUT2D eigenvalue weighted by Gasteiger charge is -2.38. The number of hydrogen-bond donors (Lipinski definition) is 1. The number of carbonyl (C=O) groups is 2. The van der Waals surface area contributed by atoms with Crippen LogP contribution in [0.3, 0.4) is 0 Å². The Kier molecular flexibility index (Phi) is 7.67. The molecule has 0 aromatic heterocycles. The predicted molar refractivity (Wildman–Crippen MR) is 80.1 cm³/mol. The van der Waals surface area contributed by atoms with E-state index in [-0.39, 0.29) is 12.5 Å². The van der Waals surface area contributed by atoms with Gasteiger partial charge in [0.05, 0.1) is 13.2 Å². The van der Waals surface area contributed by atoms with Crippen LogP contribution >= 0.6 is 0 Å². The van der Waals surface area contributed by atoms with Crippen LogP contribution in [0.4, 0.5) is 0 Å². The molecule has 1 heterocycles. The summed E-state index contributed by atoms with van der Waals surface area (Å²) in [6.07, 6.45) is 1.79. The summed E-state index contributed by atoms with van der Waals surface area (Å²) >= 11 is 0. The maximum Gasteiger partial charge on any atom is 0.322 e. The van der Waals surface area contributed by atoms with Crippen molar-refractivity contribution >= 4 is 11.9 Å². The van der Waals surface area contributed by atoms with E-state index in [4.69, 9.17) is 4.74 Å². The van der Waals surface area contributed by atoms with Crippen molar-refractivity contribution in [3.8, 4) is 0 Å². The fourth-order valence-corrected chi connectivity index (χ4v) is 2.45. The number of carboxylic acids is 1. The number of piperazine rings is 1. The molecule has 6 heteroatoms. The Bertz CT molecular complexity index is 347. The van der Waals surface area contributed by atoms with Gasteiger partial charge in [-0.15, -0.1) is 0 Å². The van der Waals surface area contributed by atoms with Gasteiger partial charge in [0.15, 0.2) is 0 Å². The summed E-state index contributed by atoms with van der Waals surface area (Å²) < 4.78 is 5.18. The van der Waals surface area contributed by atoms with E-state index in [2.05, 4.69) is 13.8 Å². The first kappa shape index (κ1) is 17.9. The average Bonchev–Trinajstić information content (AvgIpc) is 2.40. The Morgan fingerprint density at radius 1 is 1.33 bits per heavy atom. The van der Waals surface area contributed by atoms with Gasteiger partial charge in [-0.1, -0.05) is 20.8 Å². The lowest BCUT2D eigenvalue weighted by Crippen LogP contribution is -2.57. The van der Waals surface area contributed by atoms with E-state index in [1.807, 2.05) is 16.7 Å². The number of esters is 1. The minimum Gasteiger partial charge on any atom is -0.480 e. The van der Waals surface area contributed by atoms with Crippen LogP contribution in [0.25, 0.3) is 0 Å². The first-order valence-corrected chi connectivity index (χ1v) is 7.78. The zero-order valence-corrected chi connectivity index (χ0v) is 13.4. The van der Waals surface area contributed by atoms with Gasteiger partial charge in [-0.2, -0.15) is 0 Å². The molecule has 0 radical (unpaired) electrons. The van der Waals surface area contributed by atoms with E-state index in [1.165, 1.54) is 0 Å². The first-order chi connectivity index (χ1) is 9.93. The monoisotopic (exact) mass is 300 g/mol. The zero-order valence-electron chi connectivity index (χ0n) is 13.4. The molecule has 0 aliphatic carbocycles. The van der Waals surface area contributed by atoms with Gasteiger partial charge in [-0.25, -0.2) is 0 Å². The molecule has 0 bridgehead atoms. The van der Waals surface area contributed by atoms with Gasteiger partial charge >= 0.3 is 11.9 Å². The van der Waals surface area contributed by atoms with Crippen LogP contribution in [0, 0.1) is 5.92 Å². The van der Waals surface area contributed by atoms with Crippen LogP contribution in [0.15, 0.2) is 0 Å². The van der Waals surface area contributed by atoms with Crippen molar-refractivity contribution < 1.29 is 19.4 Å². The maximum absolute atomic E-state index is 11.8. The van der Waals surface area contributed by atoms with Crippen LogP contribution in [-0.4, -0.2) is 72.2 Å². The molecule has 0 saturated carbocycles. The Balaban J connectivity index is 2.40.